The lowest BCUT2D eigenvalue weighted by atomic mass is 9.99. The summed E-state index contributed by atoms with van der Waals surface area (Å²) in [5, 5.41) is 20.2. The number of aromatic hydroxyl groups is 1. The Morgan fingerprint density at radius 2 is 1.88 bits per heavy atom. The first kappa shape index (κ1) is 11.1. The van der Waals surface area contributed by atoms with Crippen LogP contribution in [-0.4, -0.2) is 10.0 Å². The molecule has 1 N–H and O–H groups in total. The maximum Gasteiger partial charge on any atom is 0.272 e. The molecule has 0 radical (unpaired) electrons. The minimum atomic E-state index is -0.401. The molecule has 0 unspecified atom stereocenters. The van der Waals surface area contributed by atoms with E-state index in [1.807, 2.05) is 6.07 Å². The van der Waals surface area contributed by atoms with Crippen LogP contribution in [0.15, 0.2) is 42.5 Å². The standard InChI is InChI=1S/C13H11NO3/c1-9-12(6-3-7-13(9)14(16)17)10-4-2-5-11(15)8-10/h2-8,15H,1H3. The largest absolute Gasteiger partial charge is 0.508 e. The first-order valence-electron chi connectivity index (χ1n) is 5.13. The van der Waals surface area contributed by atoms with Crippen LogP contribution in [-0.2, 0) is 0 Å². The molecule has 0 bridgehead atoms. The average Bonchev–Trinajstić information content (AvgIpc) is 2.29. The summed E-state index contributed by atoms with van der Waals surface area (Å²) in [6.45, 7) is 1.71. The van der Waals surface area contributed by atoms with Gasteiger partial charge in [-0.3, -0.25) is 10.1 Å². The smallest absolute Gasteiger partial charge is 0.272 e. The van der Waals surface area contributed by atoms with E-state index in [2.05, 4.69) is 0 Å². The summed E-state index contributed by atoms with van der Waals surface area (Å²) in [5.41, 5.74) is 2.22. The van der Waals surface area contributed by atoms with Gasteiger partial charge in [-0.1, -0.05) is 24.3 Å². The van der Waals surface area contributed by atoms with Crippen molar-refractivity contribution >= 4 is 5.69 Å². The second-order valence-corrected chi connectivity index (χ2v) is 3.76. The summed E-state index contributed by atoms with van der Waals surface area (Å²) in [6.07, 6.45) is 0. The quantitative estimate of drug-likeness (QED) is 0.634. The van der Waals surface area contributed by atoms with E-state index in [0.29, 0.717) is 5.56 Å². The van der Waals surface area contributed by atoms with Gasteiger partial charge in [0.1, 0.15) is 5.75 Å². The Morgan fingerprint density at radius 3 is 2.53 bits per heavy atom. The molecule has 0 aliphatic heterocycles. The van der Waals surface area contributed by atoms with Crippen molar-refractivity contribution in [3.05, 3.63) is 58.1 Å². The lowest BCUT2D eigenvalue weighted by Crippen LogP contribution is -1.93. The van der Waals surface area contributed by atoms with Crippen molar-refractivity contribution in [2.75, 3.05) is 0 Å². The van der Waals surface area contributed by atoms with Crippen molar-refractivity contribution in [1.29, 1.82) is 0 Å². The maximum atomic E-state index is 10.8. The molecule has 0 amide bonds. The first-order valence-corrected chi connectivity index (χ1v) is 5.13. The minimum Gasteiger partial charge on any atom is -0.508 e. The highest BCUT2D eigenvalue weighted by Crippen LogP contribution is 2.31. The lowest BCUT2D eigenvalue weighted by molar-refractivity contribution is -0.385. The molecule has 0 aliphatic carbocycles. The van der Waals surface area contributed by atoms with Gasteiger partial charge in [0, 0.05) is 11.6 Å². The number of phenols is 1. The molecule has 2 aromatic carbocycles. The number of rotatable bonds is 2. The summed E-state index contributed by atoms with van der Waals surface area (Å²) >= 11 is 0. The molecule has 0 fully saturated rings. The topological polar surface area (TPSA) is 63.4 Å². The number of nitro benzene ring substituents is 1. The van der Waals surface area contributed by atoms with Gasteiger partial charge in [-0.15, -0.1) is 0 Å². The molecule has 0 saturated heterocycles. The lowest BCUT2D eigenvalue weighted by Gasteiger charge is -2.06. The van der Waals surface area contributed by atoms with E-state index in [1.54, 1.807) is 37.3 Å². The molecule has 0 heterocycles. The van der Waals surface area contributed by atoms with Crippen molar-refractivity contribution < 1.29 is 10.0 Å². The molecular weight excluding hydrogens is 218 g/mol. The second-order valence-electron chi connectivity index (χ2n) is 3.76. The number of nitrogens with zero attached hydrogens (tertiary/aromatic N) is 1. The Bertz CT molecular complexity index is 579. The average molecular weight is 229 g/mol. The van der Waals surface area contributed by atoms with E-state index >= 15 is 0 Å². The summed E-state index contributed by atoms with van der Waals surface area (Å²) in [5.74, 6) is 0.147. The Kier molecular flexibility index (Phi) is 2.78. The summed E-state index contributed by atoms with van der Waals surface area (Å²) in [7, 11) is 0. The van der Waals surface area contributed by atoms with E-state index in [1.165, 1.54) is 6.07 Å². The Labute approximate surface area is 98.3 Å². The number of nitro groups is 1. The zero-order valence-corrected chi connectivity index (χ0v) is 9.25. The fraction of sp³-hybridized carbons (Fsp3) is 0.0769. The third kappa shape index (κ3) is 2.10. The van der Waals surface area contributed by atoms with E-state index in [-0.39, 0.29) is 11.4 Å². The molecule has 0 spiro atoms. The van der Waals surface area contributed by atoms with Crippen molar-refractivity contribution in [2.24, 2.45) is 0 Å². The predicted molar refractivity (Wildman–Crippen MR) is 64.9 cm³/mol. The van der Waals surface area contributed by atoms with Crippen LogP contribution in [0.4, 0.5) is 5.69 Å². The van der Waals surface area contributed by atoms with Gasteiger partial charge in [-0.05, 0) is 30.2 Å². The van der Waals surface area contributed by atoms with Gasteiger partial charge in [0.05, 0.1) is 4.92 Å². The van der Waals surface area contributed by atoms with Crippen LogP contribution in [0.2, 0.25) is 0 Å². The number of benzene rings is 2. The van der Waals surface area contributed by atoms with Gasteiger partial charge in [0.15, 0.2) is 0 Å². The van der Waals surface area contributed by atoms with Crippen molar-refractivity contribution in [3.8, 4) is 16.9 Å². The van der Waals surface area contributed by atoms with Gasteiger partial charge in [-0.2, -0.15) is 0 Å². The van der Waals surface area contributed by atoms with Crippen molar-refractivity contribution in [1.82, 2.24) is 0 Å². The van der Waals surface area contributed by atoms with Crippen LogP contribution in [0, 0.1) is 17.0 Å². The van der Waals surface area contributed by atoms with E-state index < -0.39 is 4.92 Å². The fourth-order valence-electron chi connectivity index (χ4n) is 1.81. The summed E-state index contributed by atoms with van der Waals surface area (Å²) < 4.78 is 0. The molecule has 4 nitrogen and oxygen atoms in total. The SMILES string of the molecule is Cc1c(-c2cccc(O)c2)cccc1[N+](=O)[O-]. The molecule has 2 rings (SSSR count). The third-order valence-corrected chi connectivity index (χ3v) is 2.66. The molecule has 0 aliphatic rings. The van der Waals surface area contributed by atoms with Crippen LogP contribution in [0.1, 0.15) is 5.56 Å². The van der Waals surface area contributed by atoms with Gasteiger partial charge in [-0.25, -0.2) is 0 Å². The molecule has 2 aromatic rings. The van der Waals surface area contributed by atoms with Crippen molar-refractivity contribution in [3.63, 3.8) is 0 Å². The van der Waals surface area contributed by atoms with Crippen LogP contribution >= 0.6 is 0 Å². The summed E-state index contributed by atoms with van der Waals surface area (Å²) in [6, 6.07) is 11.6. The van der Waals surface area contributed by atoms with Crippen molar-refractivity contribution in [2.45, 2.75) is 6.92 Å². The molecule has 0 saturated carbocycles. The minimum absolute atomic E-state index is 0.0887. The van der Waals surface area contributed by atoms with Gasteiger partial charge in [0.2, 0.25) is 0 Å². The third-order valence-electron chi connectivity index (χ3n) is 2.66. The summed E-state index contributed by atoms with van der Waals surface area (Å²) in [4.78, 5) is 10.4. The normalized spacial score (nSPS) is 10.2. The molecule has 86 valence electrons. The highest BCUT2D eigenvalue weighted by molar-refractivity contribution is 5.72. The fourth-order valence-corrected chi connectivity index (χ4v) is 1.81. The van der Waals surface area contributed by atoms with Crippen LogP contribution in [0.3, 0.4) is 0 Å². The van der Waals surface area contributed by atoms with Gasteiger partial charge < -0.3 is 5.11 Å². The monoisotopic (exact) mass is 229 g/mol. The molecule has 0 aromatic heterocycles. The highest BCUT2D eigenvalue weighted by Gasteiger charge is 2.14. The molecule has 0 atom stereocenters. The van der Waals surface area contributed by atoms with Crippen LogP contribution in [0.25, 0.3) is 11.1 Å². The molecule has 17 heavy (non-hydrogen) atoms. The van der Waals surface area contributed by atoms with E-state index in [0.717, 1.165) is 11.1 Å². The zero-order chi connectivity index (χ0) is 12.4. The highest BCUT2D eigenvalue weighted by atomic mass is 16.6. The Hall–Kier alpha value is -2.36. The molecular formula is C13H11NO3. The van der Waals surface area contributed by atoms with Crippen LogP contribution in [0.5, 0.6) is 5.75 Å². The second kappa shape index (κ2) is 4.25. The number of hydrogen-bond donors (Lipinski definition) is 1. The van der Waals surface area contributed by atoms with Gasteiger partial charge >= 0.3 is 0 Å². The number of hydrogen-bond acceptors (Lipinski definition) is 3. The number of phenolic OH excluding ortho intramolecular Hbond substituents is 1. The van der Waals surface area contributed by atoms with Crippen LogP contribution < -0.4 is 0 Å². The first-order chi connectivity index (χ1) is 8.09. The zero-order valence-electron chi connectivity index (χ0n) is 9.25. The van der Waals surface area contributed by atoms with Gasteiger partial charge in [0.25, 0.3) is 5.69 Å². The Morgan fingerprint density at radius 1 is 1.18 bits per heavy atom. The van der Waals surface area contributed by atoms with E-state index in [4.69, 9.17) is 0 Å². The Balaban J connectivity index is 2.60. The predicted octanol–water partition coefficient (Wildman–Crippen LogP) is 3.28. The van der Waals surface area contributed by atoms with E-state index in [9.17, 15) is 15.2 Å². The molecule has 4 heteroatoms. The maximum absolute atomic E-state index is 10.8.